The largest absolute Gasteiger partial charge is 0.394 e. The second kappa shape index (κ2) is 38.4. The first kappa shape index (κ1) is 59.6. The minimum absolute atomic E-state index is 0.251. The number of aliphatic hydroxyl groups is 3. The van der Waals surface area contributed by atoms with Crippen LogP contribution in [0.3, 0.4) is 0 Å². The highest BCUT2D eigenvalue weighted by atomic mass is 16.6. The van der Waals surface area contributed by atoms with Crippen LogP contribution < -0.4 is 11.2 Å². The summed E-state index contributed by atoms with van der Waals surface area (Å²) in [6.45, 7) is 6.34. The number of rotatable bonds is 47. The zero-order chi connectivity index (χ0) is 47.2. The van der Waals surface area contributed by atoms with Crippen molar-refractivity contribution in [1.82, 2.24) is 9.55 Å². The summed E-state index contributed by atoms with van der Waals surface area (Å²) < 4.78 is 8.13. The van der Waals surface area contributed by atoms with Crippen LogP contribution in [-0.2, 0) is 10.5 Å². The van der Waals surface area contributed by atoms with E-state index < -0.39 is 40.9 Å². The van der Waals surface area contributed by atoms with Gasteiger partial charge in [0.2, 0.25) is 0 Å². The van der Waals surface area contributed by atoms with Crippen molar-refractivity contribution < 1.29 is 20.1 Å². The number of aromatic nitrogens is 2. The lowest BCUT2D eigenvalue weighted by molar-refractivity contribution is -0.221. The summed E-state index contributed by atoms with van der Waals surface area (Å²) in [5, 5.41) is 37.1. The van der Waals surface area contributed by atoms with E-state index in [-0.39, 0.29) is 12.8 Å². The van der Waals surface area contributed by atoms with Gasteiger partial charge >= 0.3 is 5.69 Å². The third kappa shape index (κ3) is 23.1. The molecule has 1 fully saturated rings. The lowest BCUT2D eigenvalue weighted by Crippen LogP contribution is -2.66. The van der Waals surface area contributed by atoms with E-state index in [9.17, 15) is 24.9 Å². The van der Waals surface area contributed by atoms with Crippen molar-refractivity contribution in [2.75, 3.05) is 6.61 Å². The van der Waals surface area contributed by atoms with Crippen LogP contribution in [0.4, 0.5) is 0 Å². The van der Waals surface area contributed by atoms with Gasteiger partial charge in [-0.25, -0.2) is 4.79 Å². The van der Waals surface area contributed by atoms with Crippen LogP contribution in [0, 0.1) is 0 Å². The van der Waals surface area contributed by atoms with Gasteiger partial charge in [-0.1, -0.05) is 284 Å². The SMILES string of the molecule is CCCCCCCCCCCCCCCC[C@@]1(O)[C@@](O)(CCCCCCCCCCCCCCCC)[C@@H](CO)O[C@@]1(CCCCCCCCCCCCCCCC)n1ccc(=O)[nH]c1=O. The standard InChI is InChI=1S/C57H108N2O6/c1-4-7-10-13-16-19-22-25-28-31-34-37-40-43-47-55(63)52(51-60)65-57(59-50-46-53(61)58-54(59)62,49-45-42-39-36-33-30-27-24-21-18-15-12-9-6-3)56(55,64)48-44-41-38-35-32-29-26-23-20-17-14-11-8-5-2/h46,50,52,60,63-64H,4-45,47-49,51H2,1-3H3,(H,58,61,62)/t52-,55-,56-,57-/m1/s1. The van der Waals surface area contributed by atoms with Gasteiger partial charge in [-0.05, 0) is 25.7 Å². The highest BCUT2D eigenvalue weighted by Crippen LogP contribution is 2.56. The predicted molar refractivity (Wildman–Crippen MR) is 276 cm³/mol. The molecule has 1 saturated heterocycles. The van der Waals surface area contributed by atoms with Crippen molar-refractivity contribution in [3.63, 3.8) is 0 Å². The molecule has 0 spiro atoms. The van der Waals surface area contributed by atoms with Gasteiger partial charge in [-0.3, -0.25) is 14.3 Å². The summed E-state index contributed by atoms with van der Waals surface area (Å²) in [5.74, 6) is 0. The van der Waals surface area contributed by atoms with Gasteiger partial charge in [0.25, 0.3) is 5.56 Å². The van der Waals surface area contributed by atoms with E-state index in [0.717, 1.165) is 57.8 Å². The fourth-order valence-corrected chi connectivity index (χ4v) is 11.1. The molecule has 0 saturated carbocycles. The number of ether oxygens (including phenoxy) is 1. The molecule has 0 radical (unpaired) electrons. The minimum Gasteiger partial charge on any atom is -0.394 e. The van der Waals surface area contributed by atoms with Gasteiger partial charge < -0.3 is 20.1 Å². The maximum Gasteiger partial charge on any atom is 0.330 e. The number of hydrogen-bond acceptors (Lipinski definition) is 6. The van der Waals surface area contributed by atoms with Crippen LogP contribution >= 0.6 is 0 Å². The highest BCUT2D eigenvalue weighted by molar-refractivity contribution is 5.19. The Bertz CT molecular complexity index is 1350. The van der Waals surface area contributed by atoms with Crippen molar-refractivity contribution in [3.8, 4) is 0 Å². The molecule has 8 heteroatoms. The van der Waals surface area contributed by atoms with E-state index >= 15 is 0 Å². The first-order valence-electron chi connectivity index (χ1n) is 28.8. The lowest BCUT2D eigenvalue weighted by atomic mass is 9.68. The molecule has 2 heterocycles. The third-order valence-corrected chi connectivity index (χ3v) is 15.3. The van der Waals surface area contributed by atoms with Gasteiger partial charge in [0.15, 0.2) is 5.72 Å². The molecule has 1 aliphatic rings. The maximum absolute atomic E-state index is 13.7. The summed E-state index contributed by atoms with van der Waals surface area (Å²) in [6, 6.07) is 1.31. The normalized spacial score (nSPS) is 20.9. The van der Waals surface area contributed by atoms with Crippen molar-refractivity contribution in [3.05, 3.63) is 33.1 Å². The van der Waals surface area contributed by atoms with Crippen LogP contribution in [0.15, 0.2) is 21.9 Å². The number of unbranched alkanes of at least 4 members (excludes halogenated alkanes) is 39. The average Bonchev–Trinajstić information content (AvgIpc) is 3.48. The van der Waals surface area contributed by atoms with Crippen molar-refractivity contribution in [2.45, 2.75) is 333 Å². The Balaban J connectivity index is 2.07. The molecule has 4 N–H and O–H groups in total. The molecule has 1 aromatic rings. The molecule has 4 atom stereocenters. The van der Waals surface area contributed by atoms with Gasteiger partial charge in [-0.15, -0.1) is 0 Å². The summed E-state index contributed by atoms with van der Waals surface area (Å²) in [6.07, 6.45) is 52.4. The Kier molecular flexibility index (Phi) is 35.2. The monoisotopic (exact) mass is 917 g/mol. The molecule has 1 aliphatic heterocycles. The Morgan fingerprint density at radius 1 is 0.462 bits per heavy atom. The maximum atomic E-state index is 13.7. The van der Waals surface area contributed by atoms with E-state index in [0.29, 0.717) is 25.7 Å². The Labute approximate surface area is 400 Å². The van der Waals surface area contributed by atoms with Crippen LogP contribution in [0.5, 0.6) is 0 Å². The number of nitrogens with one attached hydrogen (secondary N) is 1. The third-order valence-electron chi connectivity index (χ3n) is 15.3. The average molecular weight is 917 g/mol. The van der Waals surface area contributed by atoms with Crippen LogP contribution in [-0.4, -0.2) is 48.8 Å². The van der Waals surface area contributed by atoms with Gasteiger partial charge in [-0.2, -0.15) is 0 Å². The summed E-state index contributed by atoms with van der Waals surface area (Å²) >= 11 is 0. The van der Waals surface area contributed by atoms with Crippen LogP contribution in [0.25, 0.3) is 0 Å². The molecule has 65 heavy (non-hydrogen) atoms. The molecule has 0 aromatic carbocycles. The molecule has 2 rings (SSSR count). The second-order valence-corrected chi connectivity index (χ2v) is 20.9. The number of hydrogen-bond donors (Lipinski definition) is 4. The molecule has 0 unspecified atom stereocenters. The lowest BCUT2D eigenvalue weighted by Gasteiger charge is -2.47. The summed E-state index contributed by atoms with van der Waals surface area (Å²) in [4.78, 5) is 28.6. The molecule has 1 aromatic heterocycles. The molecule has 0 aliphatic carbocycles. The zero-order valence-corrected chi connectivity index (χ0v) is 43.3. The van der Waals surface area contributed by atoms with Crippen LogP contribution in [0.1, 0.15) is 310 Å². The van der Waals surface area contributed by atoms with Gasteiger partial charge in [0.05, 0.1) is 6.61 Å². The van der Waals surface area contributed by atoms with E-state index in [1.807, 2.05) is 0 Å². The van der Waals surface area contributed by atoms with E-state index in [4.69, 9.17) is 4.74 Å². The van der Waals surface area contributed by atoms with E-state index in [1.165, 1.54) is 209 Å². The molecule has 0 bridgehead atoms. The van der Waals surface area contributed by atoms with Crippen LogP contribution in [0.2, 0.25) is 0 Å². The Hall–Kier alpha value is -1.48. The first-order valence-corrected chi connectivity index (χ1v) is 28.8. The number of aliphatic hydroxyl groups excluding tert-OH is 1. The molecule has 382 valence electrons. The fourth-order valence-electron chi connectivity index (χ4n) is 11.1. The fraction of sp³-hybridized carbons (Fsp3) is 0.930. The van der Waals surface area contributed by atoms with Gasteiger partial charge in [0, 0.05) is 12.3 Å². The van der Waals surface area contributed by atoms with Gasteiger partial charge in [0.1, 0.15) is 17.3 Å². The second-order valence-electron chi connectivity index (χ2n) is 20.9. The number of nitrogens with zero attached hydrogens (tertiary/aromatic N) is 1. The molecular weight excluding hydrogens is 809 g/mol. The molecule has 0 amide bonds. The van der Waals surface area contributed by atoms with E-state index in [1.54, 1.807) is 0 Å². The molecular formula is C57H108N2O6. The first-order chi connectivity index (χ1) is 31.8. The quantitative estimate of drug-likeness (QED) is 0.0483. The van der Waals surface area contributed by atoms with Crippen molar-refractivity contribution >= 4 is 0 Å². The minimum atomic E-state index is -1.85. The highest BCUT2D eigenvalue weighted by Gasteiger charge is 2.72. The molecule has 8 nitrogen and oxygen atoms in total. The Morgan fingerprint density at radius 3 is 1.06 bits per heavy atom. The topological polar surface area (TPSA) is 125 Å². The van der Waals surface area contributed by atoms with E-state index in [2.05, 4.69) is 25.8 Å². The number of H-pyrrole nitrogens is 1. The zero-order valence-electron chi connectivity index (χ0n) is 43.3. The van der Waals surface area contributed by atoms with Crippen molar-refractivity contribution in [1.29, 1.82) is 0 Å². The van der Waals surface area contributed by atoms with Crippen molar-refractivity contribution in [2.24, 2.45) is 0 Å². The predicted octanol–water partition coefficient (Wildman–Crippen LogP) is 15.7. The summed E-state index contributed by atoms with van der Waals surface area (Å²) in [7, 11) is 0. The smallest absolute Gasteiger partial charge is 0.330 e. The number of aromatic amines is 1. The Morgan fingerprint density at radius 2 is 0.754 bits per heavy atom. The summed E-state index contributed by atoms with van der Waals surface area (Å²) in [5.41, 5.74) is -6.40.